The van der Waals surface area contributed by atoms with Gasteiger partial charge in [-0.25, -0.2) is 0 Å². The molecule has 0 amide bonds. The summed E-state index contributed by atoms with van der Waals surface area (Å²) in [7, 11) is 0. The Morgan fingerprint density at radius 2 is 1.77 bits per heavy atom. The minimum Gasteiger partial charge on any atom is -0.316 e. The third kappa shape index (κ3) is 2.70. The zero-order valence-corrected chi connectivity index (χ0v) is 9.47. The van der Waals surface area contributed by atoms with Crippen molar-refractivity contribution in [3.8, 4) is 0 Å². The van der Waals surface area contributed by atoms with Crippen LogP contribution in [0.5, 0.6) is 0 Å². The molecule has 3 unspecified atom stereocenters. The zero-order valence-electron chi connectivity index (χ0n) is 9.47. The first kappa shape index (κ1) is 11.0. The van der Waals surface area contributed by atoms with Crippen LogP contribution in [0.15, 0.2) is 0 Å². The maximum absolute atomic E-state index is 3.51. The van der Waals surface area contributed by atoms with Crippen molar-refractivity contribution in [1.82, 2.24) is 5.32 Å². The van der Waals surface area contributed by atoms with Gasteiger partial charge in [-0.15, -0.1) is 0 Å². The Morgan fingerprint density at radius 3 is 2.46 bits per heavy atom. The lowest BCUT2D eigenvalue weighted by Gasteiger charge is -2.30. The molecule has 1 N–H and O–H groups in total. The van der Waals surface area contributed by atoms with E-state index in [0.29, 0.717) is 0 Å². The molecular formula is C12H25N. The van der Waals surface area contributed by atoms with Gasteiger partial charge in [0.25, 0.3) is 0 Å². The molecule has 2 fully saturated rings. The lowest BCUT2D eigenvalue weighted by Crippen LogP contribution is -2.22. The summed E-state index contributed by atoms with van der Waals surface area (Å²) in [5.41, 5.74) is 0. The van der Waals surface area contributed by atoms with Crippen LogP contribution in [0.25, 0.3) is 0 Å². The zero-order chi connectivity index (χ0) is 9.68. The molecule has 1 heterocycles. The van der Waals surface area contributed by atoms with Crippen LogP contribution in [-0.2, 0) is 0 Å². The van der Waals surface area contributed by atoms with Gasteiger partial charge in [0.2, 0.25) is 0 Å². The molecule has 2 aliphatic rings. The van der Waals surface area contributed by atoms with E-state index in [2.05, 4.69) is 12.2 Å². The Hall–Kier alpha value is -0.0400. The highest BCUT2D eigenvalue weighted by Crippen LogP contribution is 2.36. The van der Waals surface area contributed by atoms with E-state index in [4.69, 9.17) is 0 Å². The Balaban J connectivity index is 0.000000396. The fourth-order valence-electron chi connectivity index (χ4n) is 2.77. The monoisotopic (exact) mass is 183 g/mol. The Morgan fingerprint density at radius 1 is 1.08 bits per heavy atom. The summed E-state index contributed by atoms with van der Waals surface area (Å²) in [6, 6.07) is 0. The number of nitrogens with one attached hydrogen (secondary N) is 1. The fourth-order valence-corrected chi connectivity index (χ4v) is 2.77. The molecule has 1 heteroatoms. The second-order valence-corrected chi connectivity index (χ2v) is 4.27. The van der Waals surface area contributed by atoms with Crippen LogP contribution in [0, 0.1) is 17.8 Å². The smallest absolute Gasteiger partial charge is 0.00172 e. The fraction of sp³-hybridized carbons (Fsp3) is 1.00. The summed E-state index contributed by atoms with van der Waals surface area (Å²) in [6.45, 7) is 8.95. The van der Waals surface area contributed by atoms with Gasteiger partial charge in [0.15, 0.2) is 0 Å². The van der Waals surface area contributed by atoms with Gasteiger partial charge < -0.3 is 5.32 Å². The SMILES string of the molecule is CC.CCC1CCC2CNCC2C1. The van der Waals surface area contributed by atoms with Gasteiger partial charge in [0.05, 0.1) is 0 Å². The van der Waals surface area contributed by atoms with Gasteiger partial charge in [-0.2, -0.15) is 0 Å². The highest BCUT2D eigenvalue weighted by molar-refractivity contribution is 4.86. The topological polar surface area (TPSA) is 12.0 Å². The molecule has 1 saturated heterocycles. The van der Waals surface area contributed by atoms with Gasteiger partial charge in [-0.3, -0.25) is 0 Å². The van der Waals surface area contributed by atoms with E-state index in [-0.39, 0.29) is 0 Å². The molecule has 78 valence electrons. The molecule has 3 atom stereocenters. The van der Waals surface area contributed by atoms with Crippen molar-refractivity contribution in [2.45, 2.75) is 46.5 Å². The average molecular weight is 183 g/mol. The first-order valence-electron chi connectivity index (χ1n) is 6.11. The van der Waals surface area contributed by atoms with E-state index >= 15 is 0 Å². The molecule has 0 aromatic heterocycles. The van der Waals surface area contributed by atoms with Crippen LogP contribution in [0.2, 0.25) is 0 Å². The minimum atomic E-state index is 1.04. The number of fused-ring (bicyclic) bond motifs is 1. The summed E-state index contributed by atoms with van der Waals surface area (Å²) in [5.74, 6) is 3.13. The van der Waals surface area contributed by atoms with Crippen LogP contribution in [-0.4, -0.2) is 13.1 Å². The van der Waals surface area contributed by atoms with Crippen molar-refractivity contribution in [2.75, 3.05) is 13.1 Å². The third-order valence-corrected chi connectivity index (χ3v) is 3.64. The van der Waals surface area contributed by atoms with E-state index in [0.717, 1.165) is 17.8 Å². The molecule has 0 radical (unpaired) electrons. The second kappa shape index (κ2) is 5.64. The van der Waals surface area contributed by atoms with E-state index in [1.165, 1.54) is 38.8 Å². The molecule has 0 aromatic rings. The van der Waals surface area contributed by atoms with Crippen molar-refractivity contribution in [3.05, 3.63) is 0 Å². The van der Waals surface area contributed by atoms with Crippen LogP contribution in [0.4, 0.5) is 0 Å². The maximum Gasteiger partial charge on any atom is -0.00172 e. The molecule has 1 aliphatic heterocycles. The van der Waals surface area contributed by atoms with Crippen LogP contribution in [0.3, 0.4) is 0 Å². The molecule has 1 aliphatic carbocycles. The Kier molecular flexibility index (Phi) is 4.79. The quantitative estimate of drug-likeness (QED) is 0.659. The first-order chi connectivity index (χ1) is 6.40. The molecule has 0 spiro atoms. The second-order valence-electron chi connectivity index (χ2n) is 4.27. The summed E-state index contributed by atoms with van der Waals surface area (Å²) in [6.07, 6.45) is 5.91. The average Bonchev–Trinajstić information content (AvgIpc) is 2.67. The van der Waals surface area contributed by atoms with Crippen molar-refractivity contribution in [1.29, 1.82) is 0 Å². The van der Waals surface area contributed by atoms with Crippen molar-refractivity contribution in [3.63, 3.8) is 0 Å². The normalized spacial score (nSPS) is 37.6. The van der Waals surface area contributed by atoms with E-state index in [1.807, 2.05) is 13.8 Å². The van der Waals surface area contributed by atoms with Crippen molar-refractivity contribution in [2.24, 2.45) is 17.8 Å². The van der Waals surface area contributed by atoms with E-state index < -0.39 is 0 Å². The van der Waals surface area contributed by atoms with Crippen molar-refractivity contribution < 1.29 is 0 Å². The maximum atomic E-state index is 3.51. The van der Waals surface area contributed by atoms with Gasteiger partial charge >= 0.3 is 0 Å². The summed E-state index contributed by atoms with van der Waals surface area (Å²) in [5, 5.41) is 3.51. The van der Waals surface area contributed by atoms with Crippen LogP contribution < -0.4 is 5.32 Å². The van der Waals surface area contributed by atoms with Crippen LogP contribution >= 0.6 is 0 Å². The van der Waals surface area contributed by atoms with E-state index in [1.54, 1.807) is 0 Å². The van der Waals surface area contributed by atoms with Crippen molar-refractivity contribution >= 4 is 0 Å². The number of hydrogen-bond acceptors (Lipinski definition) is 1. The molecule has 0 aromatic carbocycles. The molecule has 13 heavy (non-hydrogen) atoms. The lowest BCUT2D eigenvalue weighted by molar-refractivity contribution is 0.220. The summed E-state index contributed by atoms with van der Waals surface area (Å²) >= 11 is 0. The highest BCUT2D eigenvalue weighted by Gasteiger charge is 2.32. The predicted molar refractivity (Wildman–Crippen MR) is 58.8 cm³/mol. The van der Waals surface area contributed by atoms with Gasteiger partial charge in [0.1, 0.15) is 0 Å². The molecular weight excluding hydrogens is 158 g/mol. The molecule has 0 bridgehead atoms. The first-order valence-corrected chi connectivity index (χ1v) is 6.11. The number of hydrogen-bond donors (Lipinski definition) is 1. The molecule has 1 saturated carbocycles. The molecule has 1 nitrogen and oxygen atoms in total. The summed E-state index contributed by atoms with van der Waals surface area (Å²) < 4.78 is 0. The minimum absolute atomic E-state index is 1.04. The highest BCUT2D eigenvalue weighted by atomic mass is 14.9. The lowest BCUT2D eigenvalue weighted by atomic mass is 9.75. The largest absolute Gasteiger partial charge is 0.316 e. The standard InChI is InChI=1S/C10H19N.C2H6/c1-2-8-3-4-9-6-11-7-10(9)5-8;1-2/h8-11H,2-7H2,1H3;1-2H3. The Bertz CT molecular complexity index is 133. The van der Waals surface area contributed by atoms with Gasteiger partial charge in [0, 0.05) is 0 Å². The van der Waals surface area contributed by atoms with E-state index in [9.17, 15) is 0 Å². The van der Waals surface area contributed by atoms with Crippen LogP contribution in [0.1, 0.15) is 46.5 Å². The molecule has 2 rings (SSSR count). The third-order valence-electron chi connectivity index (χ3n) is 3.64. The number of rotatable bonds is 1. The summed E-state index contributed by atoms with van der Waals surface area (Å²) in [4.78, 5) is 0. The van der Waals surface area contributed by atoms with Gasteiger partial charge in [-0.05, 0) is 43.7 Å². The van der Waals surface area contributed by atoms with Gasteiger partial charge in [-0.1, -0.05) is 33.6 Å². The predicted octanol–water partition coefficient (Wildman–Crippen LogP) is 3.06. The Labute approximate surface area is 83.3 Å².